The normalized spacial score (nSPS) is 11.2. The van der Waals surface area contributed by atoms with E-state index in [4.69, 9.17) is 16.6 Å². The van der Waals surface area contributed by atoms with Crippen LogP contribution >= 0.6 is 11.6 Å². The Balaban J connectivity index is 1.59. The van der Waals surface area contributed by atoms with Gasteiger partial charge in [0.2, 0.25) is 0 Å². The zero-order valence-electron chi connectivity index (χ0n) is 15.0. The fourth-order valence-electron chi connectivity index (χ4n) is 3.12. The molecule has 0 fully saturated rings. The molecule has 2 aromatic carbocycles. The summed E-state index contributed by atoms with van der Waals surface area (Å²) < 4.78 is 1.75. The fourth-order valence-corrected chi connectivity index (χ4v) is 3.30. The van der Waals surface area contributed by atoms with Crippen LogP contribution in [0.5, 0.6) is 0 Å². The van der Waals surface area contributed by atoms with E-state index in [2.05, 4.69) is 20.4 Å². The van der Waals surface area contributed by atoms with Crippen molar-refractivity contribution in [3.05, 3.63) is 77.6 Å². The Kier molecular flexibility index (Phi) is 3.91. The molecule has 0 aliphatic carbocycles. The molecule has 3 heterocycles. The molecule has 0 aliphatic rings. The van der Waals surface area contributed by atoms with Crippen LogP contribution < -0.4 is 5.32 Å². The van der Waals surface area contributed by atoms with E-state index in [0.717, 1.165) is 27.6 Å². The van der Waals surface area contributed by atoms with Gasteiger partial charge in [-0.05, 0) is 37.3 Å². The minimum atomic E-state index is 0.301. The number of anilines is 2. The minimum absolute atomic E-state index is 0.301. The van der Waals surface area contributed by atoms with Gasteiger partial charge in [-0.15, -0.1) is 0 Å². The van der Waals surface area contributed by atoms with E-state index in [1.807, 2.05) is 73.7 Å². The maximum absolute atomic E-state index is 6.35. The van der Waals surface area contributed by atoms with Crippen LogP contribution in [0.1, 0.15) is 5.69 Å². The molecule has 3 aromatic heterocycles. The highest BCUT2D eigenvalue weighted by atomic mass is 35.5. The molecule has 28 heavy (non-hydrogen) atoms. The second-order valence-corrected chi connectivity index (χ2v) is 6.78. The summed E-state index contributed by atoms with van der Waals surface area (Å²) in [6, 6.07) is 21.5. The number of para-hydroxylation sites is 3. The van der Waals surface area contributed by atoms with Gasteiger partial charge in [-0.1, -0.05) is 41.9 Å². The quantitative estimate of drug-likeness (QED) is 0.469. The number of fused-ring (bicyclic) bond motifs is 2. The van der Waals surface area contributed by atoms with E-state index < -0.39 is 0 Å². The SMILES string of the molecule is Cc1cc(Nc2nc3ccccc3nc2Cl)n(-c2ccc3ccccc3n2)n1. The van der Waals surface area contributed by atoms with Crippen molar-refractivity contribution in [3.63, 3.8) is 0 Å². The molecule has 136 valence electrons. The molecule has 0 saturated heterocycles. The van der Waals surface area contributed by atoms with Gasteiger partial charge < -0.3 is 5.32 Å². The number of aromatic nitrogens is 5. The number of halogens is 1. The molecule has 0 atom stereocenters. The average molecular weight is 387 g/mol. The molecule has 7 heteroatoms. The lowest BCUT2D eigenvalue weighted by Crippen LogP contribution is -2.06. The van der Waals surface area contributed by atoms with Gasteiger partial charge >= 0.3 is 0 Å². The first-order valence-electron chi connectivity index (χ1n) is 8.79. The maximum Gasteiger partial charge on any atom is 0.172 e. The Labute approximate surface area is 165 Å². The van der Waals surface area contributed by atoms with E-state index in [-0.39, 0.29) is 0 Å². The third kappa shape index (κ3) is 2.93. The smallest absolute Gasteiger partial charge is 0.172 e. The molecule has 0 bridgehead atoms. The molecule has 0 amide bonds. The Bertz CT molecular complexity index is 1330. The van der Waals surface area contributed by atoms with Gasteiger partial charge in [0.15, 0.2) is 16.8 Å². The lowest BCUT2D eigenvalue weighted by atomic mass is 10.2. The number of aryl methyl sites for hydroxylation is 1. The number of hydrogen-bond donors (Lipinski definition) is 1. The second-order valence-electron chi connectivity index (χ2n) is 6.42. The number of benzene rings is 2. The van der Waals surface area contributed by atoms with E-state index in [9.17, 15) is 0 Å². The molecule has 5 rings (SSSR count). The van der Waals surface area contributed by atoms with Crippen LogP contribution in [0.2, 0.25) is 5.15 Å². The number of nitrogens with zero attached hydrogens (tertiary/aromatic N) is 5. The molecule has 0 spiro atoms. The fraction of sp³-hybridized carbons (Fsp3) is 0.0476. The van der Waals surface area contributed by atoms with Crippen LogP contribution in [0, 0.1) is 6.92 Å². The van der Waals surface area contributed by atoms with Crippen LogP contribution in [0.25, 0.3) is 27.8 Å². The molecule has 0 unspecified atom stereocenters. The Morgan fingerprint density at radius 1 is 0.821 bits per heavy atom. The molecule has 1 N–H and O–H groups in total. The van der Waals surface area contributed by atoms with Crippen molar-refractivity contribution >= 4 is 45.2 Å². The van der Waals surface area contributed by atoms with E-state index in [0.29, 0.717) is 22.6 Å². The van der Waals surface area contributed by atoms with Crippen molar-refractivity contribution in [2.75, 3.05) is 5.32 Å². The maximum atomic E-state index is 6.35. The molecule has 6 nitrogen and oxygen atoms in total. The summed E-state index contributed by atoms with van der Waals surface area (Å²) in [6.07, 6.45) is 0. The van der Waals surface area contributed by atoms with Crippen molar-refractivity contribution in [3.8, 4) is 5.82 Å². The number of nitrogens with one attached hydrogen (secondary N) is 1. The van der Waals surface area contributed by atoms with Crippen molar-refractivity contribution in [2.45, 2.75) is 6.92 Å². The zero-order chi connectivity index (χ0) is 19.1. The molecule has 0 radical (unpaired) electrons. The summed E-state index contributed by atoms with van der Waals surface area (Å²) in [5, 5.41) is 9.21. The van der Waals surface area contributed by atoms with Crippen molar-refractivity contribution in [1.82, 2.24) is 24.7 Å². The summed E-state index contributed by atoms with van der Waals surface area (Å²) in [5.74, 6) is 1.90. The highest BCUT2D eigenvalue weighted by Crippen LogP contribution is 2.26. The van der Waals surface area contributed by atoms with Gasteiger partial charge in [-0.3, -0.25) is 0 Å². The predicted octanol–water partition coefficient (Wildman–Crippen LogP) is 5.07. The van der Waals surface area contributed by atoms with Crippen LogP contribution in [-0.4, -0.2) is 24.7 Å². The van der Waals surface area contributed by atoms with Crippen LogP contribution in [0.15, 0.2) is 66.7 Å². The van der Waals surface area contributed by atoms with Gasteiger partial charge in [0.05, 0.1) is 22.2 Å². The monoisotopic (exact) mass is 386 g/mol. The van der Waals surface area contributed by atoms with Crippen LogP contribution in [0.3, 0.4) is 0 Å². The van der Waals surface area contributed by atoms with Gasteiger partial charge in [0.25, 0.3) is 0 Å². The summed E-state index contributed by atoms with van der Waals surface area (Å²) in [7, 11) is 0. The van der Waals surface area contributed by atoms with Crippen LogP contribution in [0.4, 0.5) is 11.6 Å². The molecule has 0 saturated carbocycles. The standard InChI is InChI=1S/C21H15ClN6/c1-13-12-19(26-21-20(22)24-16-8-4-5-9-17(16)25-21)28(27-13)18-11-10-14-6-2-3-7-15(14)23-18/h2-12H,1H3,(H,25,26). The predicted molar refractivity (Wildman–Crippen MR) is 111 cm³/mol. The molecular formula is C21H15ClN6. The minimum Gasteiger partial charge on any atom is -0.322 e. The first-order valence-corrected chi connectivity index (χ1v) is 9.17. The van der Waals surface area contributed by atoms with Crippen molar-refractivity contribution < 1.29 is 0 Å². The summed E-state index contributed by atoms with van der Waals surface area (Å²) in [4.78, 5) is 13.7. The Morgan fingerprint density at radius 2 is 1.54 bits per heavy atom. The average Bonchev–Trinajstić information content (AvgIpc) is 3.08. The molecular weight excluding hydrogens is 372 g/mol. The van der Waals surface area contributed by atoms with Gasteiger partial charge in [-0.25, -0.2) is 15.0 Å². The highest BCUT2D eigenvalue weighted by molar-refractivity contribution is 6.32. The topological polar surface area (TPSA) is 68.5 Å². The van der Waals surface area contributed by atoms with Crippen molar-refractivity contribution in [2.24, 2.45) is 0 Å². The van der Waals surface area contributed by atoms with Gasteiger partial charge in [-0.2, -0.15) is 9.78 Å². The van der Waals surface area contributed by atoms with Gasteiger partial charge in [0.1, 0.15) is 5.82 Å². The molecule has 5 aromatic rings. The first-order chi connectivity index (χ1) is 13.7. The molecule has 0 aliphatic heterocycles. The number of pyridine rings is 1. The van der Waals surface area contributed by atoms with Gasteiger partial charge in [0, 0.05) is 11.5 Å². The highest BCUT2D eigenvalue weighted by Gasteiger charge is 2.13. The Hall–Kier alpha value is -3.51. The number of rotatable bonds is 3. The van der Waals surface area contributed by atoms with E-state index >= 15 is 0 Å². The third-order valence-electron chi connectivity index (χ3n) is 4.41. The largest absolute Gasteiger partial charge is 0.322 e. The zero-order valence-corrected chi connectivity index (χ0v) is 15.7. The second kappa shape index (κ2) is 6.58. The summed E-state index contributed by atoms with van der Waals surface area (Å²) >= 11 is 6.35. The third-order valence-corrected chi connectivity index (χ3v) is 4.67. The number of hydrogen-bond acceptors (Lipinski definition) is 5. The lowest BCUT2D eigenvalue weighted by molar-refractivity contribution is 0.843. The van der Waals surface area contributed by atoms with E-state index in [1.165, 1.54) is 0 Å². The Morgan fingerprint density at radius 3 is 2.36 bits per heavy atom. The summed E-state index contributed by atoms with van der Waals surface area (Å²) in [5.41, 5.74) is 3.27. The van der Waals surface area contributed by atoms with Crippen LogP contribution in [-0.2, 0) is 0 Å². The van der Waals surface area contributed by atoms with Crippen molar-refractivity contribution in [1.29, 1.82) is 0 Å². The first kappa shape index (κ1) is 16.6. The summed E-state index contributed by atoms with van der Waals surface area (Å²) in [6.45, 7) is 1.93. The van der Waals surface area contributed by atoms with E-state index in [1.54, 1.807) is 4.68 Å². The lowest BCUT2D eigenvalue weighted by Gasteiger charge is -2.11.